The van der Waals surface area contributed by atoms with Gasteiger partial charge in [0.05, 0.1) is 28.7 Å². The van der Waals surface area contributed by atoms with Gasteiger partial charge < -0.3 is 10.2 Å². The van der Waals surface area contributed by atoms with Crippen LogP contribution in [0, 0.1) is 0 Å². The molecule has 0 unspecified atom stereocenters. The number of phenolic OH excluding ortho intramolecular Hbond substituents is 2. The van der Waals surface area contributed by atoms with E-state index in [2.05, 4.69) is 84.9 Å². The van der Waals surface area contributed by atoms with Crippen LogP contribution in [0.5, 0.6) is 11.5 Å². The minimum absolute atomic E-state index is 0. The SMILES string of the molecule is Oc1c(-c2cc3ccccc3c(C=Nc3cccc4cccc(O)c34)n2)ccc2c1C1(c3ccccc3-c3ccccc31)c1ccccc1-2.[Pt]. The van der Waals surface area contributed by atoms with E-state index in [1.807, 2.05) is 60.7 Å². The van der Waals surface area contributed by atoms with Crippen molar-refractivity contribution in [1.29, 1.82) is 0 Å². The second kappa shape index (κ2) is 11.4. The van der Waals surface area contributed by atoms with E-state index in [1.54, 1.807) is 12.3 Å². The summed E-state index contributed by atoms with van der Waals surface area (Å²) in [6.07, 6.45) is 1.76. The minimum Gasteiger partial charge on any atom is -0.507 e. The van der Waals surface area contributed by atoms with Crippen LogP contribution in [-0.4, -0.2) is 21.4 Å². The fraction of sp³-hybridized carbons (Fsp3) is 0.0222. The van der Waals surface area contributed by atoms with E-state index >= 15 is 0 Å². The maximum atomic E-state index is 12.6. The van der Waals surface area contributed by atoms with Gasteiger partial charge in [0, 0.05) is 43.0 Å². The van der Waals surface area contributed by atoms with Gasteiger partial charge >= 0.3 is 0 Å². The van der Waals surface area contributed by atoms with E-state index in [0.717, 1.165) is 32.8 Å². The van der Waals surface area contributed by atoms with Crippen LogP contribution in [0.1, 0.15) is 27.9 Å². The van der Waals surface area contributed by atoms with Crippen LogP contribution in [0.25, 0.3) is 55.1 Å². The number of phenols is 2. The van der Waals surface area contributed by atoms with Gasteiger partial charge in [0.15, 0.2) is 0 Å². The number of fused-ring (bicyclic) bond motifs is 12. The average Bonchev–Trinajstić information content (AvgIpc) is 3.62. The van der Waals surface area contributed by atoms with Crippen LogP contribution in [0.15, 0.2) is 157 Å². The third-order valence-corrected chi connectivity index (χ3v) is 10.4. The van der Waals surface area contributed by atoms with Crippen LogP contribution in [-0.2, 0) is 26.5 Å². The third-order valence-electron chi connectivity index (χ3n) is 10.4. The van der Waals surface area contributed by atoms with Gasteiger partial charge in [-0.05, 0) is 74.0 Å². The zero-order chi connectivity index (χ0) is 32.7. The smallest absolute Gasteiger partial charge is 0.130 e. The topological polar surface area (TPSA) is 65.7 Å². The van der Waals surface area contributed by atoms with E-state index in [0.29, 0.717) is 28.0 Å². The average molecular weight is 824 g/mol. The molecule has 0 radical (unpaired) electrons. The molecular weight excluding hydrogens is 796 g/mol. The first kappa shape index (κ1) is 30.2. The molecule has 1 heterocycles. The summed E-state index contributed by atoms with van der Waals surface area (Å²) in [6, 6.07) is 51.3. The van der Waals surface area contributed by atoms with Crippen molar-refractivity contribution in [2.24, 2.45) is 4.99 Å². The van der Waals surface area contributed by atoms with Crippen LogP contribution < -0.4 is 0 Å². The summed E-state index contributed by atoms with van der Waals surface area (Å²) in [5.74, 6) is 0.412. The van der Waals surface area contributed by atoms with Crippen molar-refractivity contribution in [3.05, 3.63) is 180 Å². The summed E-state index contributed by atoms with van der Waals surface area (Å²) >= 11 is 0. The molecule has 2 aliphatic rings. The van der Waals surface area contributed by atoms with Crippen molar-refractivity contribution in [1.82, 2.24) is 4.98 Å². The van der Waals surface area contributed by atoms with Gasteiger partial charge in [-0.3, -0.25) is 4.99 Å². The number of nitrogens with zero attached hydrogens (tertiary/aromatic N) is 2. The van der Waals surface area contributed by atoms with Gasteiger partial charge in [-0.15, -0.1) is 0 Å². The maximum absolute atomic E-state index is 12.6. The molecule has 2 aliphatic carbocycles. The second-order valence-corrected chi connectivity index (χ2v) is 12.8. The number of pyridine rings is 1. The van der Waals surface area contributed by atoms with E-state index < -0.39 is 5.41 Å². The molecule has 7 aromatic carbocycles. The van der Waals surface area contributed by atoms with Crippen LogP contribution in [0.4, 0.5) is 5.69 Å². The van der Waals surface area contributed by atoms with Gasteiger partial charge in [-0.2, -0.15) is 0 Å². The molecule has 0 saturated heterocycles. The Hall–Kier alpha value is -5.83. The molecule has 2 N–H and O–H groups in total. The summed E-state index contributed by atoms with van der Waals surface area (Å²) in [7, 11) is 0. The molecule has 8 aromatic rings. The Labute approximate surface area is 303 Å². The Morgan fingerprint density at radius 2 is 1.10 bits per heavy atom. The number of aromatic hydroxyl groups is 2. The van der Waals surface area contributed by atoms with Crippen LogP contribution in [0.2, 0.25) is 0 Å². The summed E-state index contributed by atoms with van der Waals surface area (Å²) < 4.78 is 0. The molecule has 0 bridgehead atoms. The fourth-order valence-electron chi connectivity index (χ4n) is 8.38. The summed E-state index contributed by atoms with van der Waals surface area (Å²) in [4.78, 5) is 10.0. The van der Waals surface area contributed by atoms with E-state index in [4.69, 9.17) is 9.98 Å². The molecule has 1 spiro atoms. The van der Waals surface area contributed by atoms with Crippen molar-refractivity contribution >= 4 is 33.4 Å². The van der Waals surface area contributed by atoms with Gasteiger partial charge in [-0.1, -0.05) is 127 Å². The predicted octanol–water partition coefficient (Wildman–Crippen LogP) is 10.6. The number of aliphatic imine (C=N–C) groups is 1. The number of hydrogen-bond donors (Lipinski definition) is 2. The third kappa shape index (κ3) is 4.09. The van der Waals surface area contributed by atoms with Crippen molar-refractivity contribution < 1.29 is 31.3 Å². The molecule has 50 heavy (non-hydrogen) atoms. The molecule has 0 saturated carbocycles. The minimum atomic E-state index is -0.670. The summed E-state index contributed by atoms with van der Waals surface area (Å²) in [6.45, 7) is 0. The number of benzene rings is 7. The molecular formula is C45H28N2O2Pt. The number of rotatable bonds is 3. The van der Waals surface area contributed by atoms with Crippen molar-refractivity contribution in [3.63, 3.8) is 0 Å². The molecule has 1 aromatic heterocycles. The van der Waals surface area contributed by atoms with Crippen molar-refractivity contribution in [2.75, 3.05) is 0 Å². The molecule has 0 aliphatic heterocycles. The van der Waals surface area contributed by atoms with Crippen molar-refractivity contribution in [2.45, 2.75) is 5.41 Å². The van der Waals surface area contributed by atoms with E-state index in [1.165, 1.54) is 27.8 Å². The molecule has 0 atom stereocenters. The zero-order valence-electron chi connectivity index (χ0n) is 26.6. The Kier molecular flexibility index (Phi) is 6.88. The molecule has 0 fully saturated rings. The first-order valence-corrected chi connectivity index (χ1v) is 16.5. The largest absolute Gasteiger partial charge is 0.507 e. The number of aromatic nitrogens is 1. The first-order valence-electron chi connectivity index (χ1n) is 16.5. The molecule has 240 valence electrons. The molecule has 4 nitrogen and oxygen atoms in total. The summed E-state index contributed by atoms with van der Waals surface area (Å²) in [5, 5.41) is 26.9. The Morgan fingerprint density at radius 3 is 1.80 bits per heavy atom. The van der Waals surface area contributed by atoms with Crippen molar-refractivity contribution in [3.8, 4) is 45.0 Å². The Balaban J connectivity index is 0.00000336. The standard InChI is InChI=1S/C45H28N2O2.Pt/c48-41-22-10-13-27-12-9-21-38(42(27)41)46-26-40-29-14-2-1-11-28(29)25-39(47-40)34-24-23-33-32-17-5-8-20-37(32)45(43(33)44(34)49)35-18-6-3-15-30(35)31-16-4-7-19-36(31)45;/h1-26,48-49H;. The summed E-state index contributed by atoms with van der Waals surface area (Å²) in [5.41, 5.74) is 10.9. The molecule has 5 heteroatoms. The monoisotopic (exact) mass is 823 g/mol. The molecule has 10 rings (SSSR count). The first-order chi connectivity index (χ1) is 24.1. The number of hydrogen-bond acceptors (Lipinski definition) is 4. The predicted molar refractivity (Wildman–Crippen MR) is 198 cm³/mol. The van der Waals surface area contributed by atoms with Gasteiger partial charge in [0.1, 0.15) is 11.5 Å². The Morgan fingerprint density at radius 1 is 0.540 bits per heavy atom. The van der Waals surface area contributed by atoms with Crippen LogP contribution >= 0.6 is 0 Å². The molecule has 0 amide bonds. The van der Waals surface area contributed by atoms with E-state index in [-0.39, 0.29) is 32.6 Å². The quantitative estimate of drug-likeness (QED) is 0.175. The Bertz CT molecular complexity index is 2650. The second-order valence-electron chi connectivity index (χ2n) is 12.8. The van der Waals surface area contributed by atoms with Gasteiger partial charge in [0.25, 0.3) is 0 Å². The normalized spacial score (nSPS) is 13.3. The van der Waals surface area contributed by atoms with Crippen LogP contribution in [0.3, 0.4) is 0 Å². The zero-order valence-corrected chi connectivity index (χ0v) is 28.9. The van der Waals surface area contributed by atoms with E-state index in [9.17, 15) is 10.2 Å². The fourth-order valence-corrected chi connectivity index (χ4v) is 8.38. The van der Waals surface area contributed by atoms with Gasteiger partial charge in [-0.25, -0.2) is 4.98 Å². The maximum Gasteiger partial charge on any atom is 0.130 e. The van der Waals surface area contributed by atoms with Gasteiger partial charge in [0.2, 0.25) is 0 Å².